The highest BCUT2D eigenvalue weighted by molar-refractivity contribution is 5.92. The lowest BCUT2D eigenvalue weighted by atomic mass is 10.00. The fourth-order valence-electron chi connectivity index (χ4n) is 3.98. The number of nitrogens with one attached hydrogen (secondary N) is 1. The molecule has 0 radical (unpaired) electrons. The molecule has 0 fully saturated rings. The van der Waals surface area contributed by atoms with Crippen LogP contribution in [0.25, 0.3) is 0 Å². The topological polar surface area (TPSA) is 55.7 Å². The number of fused-ring (bicyclic) bond motifs is 2. The number of nitrogens with zero attached hydrogens (tertiary/aromatic N) is 2. The normalized spacial score (nSPS) is 17.9. The number of hydrogen-bond donors (Lipinski definition) is 1. The lowest BCUT2D eigenvalue weighted by Gasteiger charge is -2.36. The summed E-state index contributed by atoms with van der Waals surface area (Å²) in [5.41, 5.74) is 3.12. The van der Waals surface area contributed by atoms with Crippen molar-refractivity contribution in [3.8, 4) is 11.5 Å². The molecule has 0 bridgehead atoms. The van der Waals surface area contributed by atoms with E-state index in [2.05, 4.69) is 45.2 Å². The maximum absolute atomic E-state index is 12.8. The standard InChI is InChI=1S/C22H21N3O3/c26-21(23-17-8-9-19-20(13-17)28-15-27-19)14-25-12-11-24-10-4-7-18(24)22(25)16-5-2-1-3-6-16/h1-10,13,22H,11-12,14-15H2,(H,23,26)/t22-/m1/s1. The number of ether oxygens (including phenoxy) is 2. The maximum Gasteiger partial charge on any atom is 0.238 e. The average Bonchev–Trinajstić information content (AvgIpc) is 3.37. The predicted octanol–water partition coefficient (Wildman–Crippen LogP) is 3.26. The summed E-state index contributed by atoms with van der Waals surface area (Å²) >= 11 is 0. The van der Waals surface area contributed by atoms with Crippen LogP contribution in [0.1, 0.15) is 17.3 Å². The monoisotopic (exact) mass is 375 g/mol. The third kappa shape index (κ3) is 3.12. The van der Waals surface area contributed by atoms with Crippen molar-refractivity contribution >= 4 is 11.6 Å². The first kappa shape index (κ1) is 16.9. The van der Waals surface area contributed by atoms with Crippen molar-refractivity contribution in [2.24, 2.45) is 0 Å². The lowest BCUT2D eigenvalue weighted by molar-refractivity contribution is -0.117. The summed E-state index contributed by atoms with van der Waals surface area (Å²) in [7, 11) is 0. The molecule has 1 N–H and O–H groups in total. The van der Waals surface area contributed by atoms with Crippen molar-refractivity contribution in [2.75, 3.05) is 25.2 Å². The van der Waals surface area contributed by atoms with Gasteiger partial charge in [-0.15, -0.1) is 0 Å². The summed E-state index contributed by atoms with van der Waals surface area (Å²) in [4.78, 5) is 15.0. The highest BCUT2D eigenvalue weighted by Crippen LogP contribution is 2.35. The number of carbonyl (C=O) groups is 1. The second-order valence-electron chi connectivity index (χ2n) is 7.03. The van der Waals surface area contributed by atoms with E-state index in [-0.39, 0.29) is 18.7 Å². The summed E-state index contributed by atoms with van der Waals surface area (Å²) in [6.45, 7) is 2.23. The van der Waals surface area contributed by atoms with Crippen molar-refractivity contribution in [1.29, 1.82) is 0 Å². The molecule has 1 aromatic heterocycles. The molecule has 3 heterocycles. The van der Waals surface area contributed by atoms with E-state index in [4.69, 9.17) is 9.47 Å². The van der Waals surface area contributed by atoms with Gasteiger partial charge >= 0.3 is 0 Å². The number of benzene rings is 2. The Morgan fingerprint density at radius 2 is 1.86 bits per heavy atom. The van der Waals surface area contributed by atoms with Gasteiger partial charge in [-0.05, 0) is 29.8 Å². The summed E-state index contributed by atoms with van der Waals surface area (Å²) in [6.07, 6.45) is 2.11. The van der Waals surface area contributed by atoms with Gasteiger partial charge in [0.15, 0.2) is 11.5 Å². The van der Waals surface area contributed by atoms with Crippen molar-refractivity contribution < 1.29 is 14.3 Å². The number of anilines is 1. The minimum atomic E-state index is -0.0418. The summed E-state index contributed by atoms with van der Waals surface area (Å²) in [5, 5.41) is 2.99. The average molecular weight is 375 g/mol. The second kappa shape index (κ2) is 7.05. The van der Waals surface area contributed by atoms with Gasteiger partial charge in [-0.3, -0.25) is 9.69 Å². The predicted molar refractivity (Wildman–Crippen MR) is 105 cm³/mol. The molecule has 142 valence electrons. The molecule has 0 unspecified atom stereocenters. The Morgan fingerprint density at radius 1 is 1.00 bits per heavy atom. The Bertz CT molecular complexity index is 999. The van der Waals surface area contributed by atoms with Gasteiger partial charge in [0.2, 0.25) is 12.7 Å². The number of amides is 1. The van der Waals surface area contributed by atoms with Crippen LogP contribution in [-0.2, 0) is 11.3 Å². The quantitative estimate of drug-likeness (QED) is 0.761. The summed E-state index contributed by atoms with van der Waals surface area (Å²) in [5.74, 6) is 1.33. The van der Waals surface area contributed by atoms with E-state index in [0.717, 1.165) is 13.1 Å². The SMILES string of the molecule is O=C(CN1CCn2cccc2[C@H]1c1ccccc1)Nc1ccc2c(c1)OCO2. The van der Waals surface area contributed by atoms with Crippen molar-refractivity contribution in [2.45, 2.75) is 12.6 Å². The van der Waals surface area contributed by atoms with Crippen LogP contribution in [0.3, 0.4) is 0 Å². The zero-order valence-electron chi connectivity index (χ0n) is 15.4. The molecule has 0 saturated carbocycles. The second-order valence-corrected chi connectivity index (χ2v) is 7.03. The van der Waals surface area contributed by atoms with E-state index in [9.17, 15) is 4.79 Å². The molecule has 28 heavy (non-hydrogen) atoms. The molecule has 0 aliphatic carbocycles. The van der Waals surface area contributed by atoms with E-state index in [1.807, 2.05) is 30.3 Å². The summed E-state index contributed by atoms with van der Waals surface area (Å²) < 4.78 is 13.0. The Labute approximate surface area is 163 Å². The van der Waals surface area contributed by atoms with Gasteiger partial charge in [0.05, 0.1) is 12.6 Å². The Kier molecular flexibility index (Phi) is 4.25. The van der Waals surface area contributed by atoms with Crippen LogP contribution in [0.4, 0.5) is 5.69 Å². The fourth-order valence-corrected chi connectivity index (χ4v) is 3.98. The minimum absolute atomic E-state index is 0.0418. The number of hydrogen-bond acceptors (Lipinski definition) is 4. The van der Waals surface area contributed by atoms with Crippen molar-refractivity contribution in [1.82, 2.24) is 9.47 Å². The van der Waals surface area contributed by atoms with E-state index in [1.54, 1.807) is 6.07 Å². The van der Waals surface area contributed by atoms with Crippen LogP contribution in [0.5, 0.6) is 11.5 Å². The molecule has 6 nitrogen and oxygen atoms in total. The van der Waals surface area contributed by atoms with Gasteiger partial charge in [-0.1, -0.05) is 30.3 Å². The molecule has 0 saturated heterocycles. The molecule has 2 aliphatic heterocycles. The van der Waals surface area contributed by atoms with Crippen molar-refractivity contribution in [3.63, 3.8) is 0 Å². The van der Waals surface area contributed by atoms with Crippen molar-refractivity contribution in [3.05, 3.63) is 78.1 Å². The van der Waals surface area contributed by atoms with Crippen LogP contribution >= 0.6 is 0 Å². The molecule has 5 rings (SSSR count). The highest BCUT2D eigenvalue weighted by atomic mass is 16.7. The third-order valence-corrected chi connectivity index (χ3v) is 5.26. The molecular formula is C22H21N3O3. The van der Waals surface area contributed by atoms with Gasteiger partial charge in [0.25, 0.3) is 0 Å². The van der Waals surface area contributed by atoms with Gasteiger partial charge in [0.1, 0.15) is 0 Å². The van der Waals surface area contributed by atoms with Crippen LogP contribution < -0.4 is 14.8 Å². The van der Waals surface area contributed by atoms with E-state index in [0.29, 0.717) is 23.7 Å². The first-order valence-corrected chi connectivity index (χ1v) is 9.41. The molecule has 0 spiro atoms. The molecule has 1 amide bonds. The van der Waals surface area contributed by atoms with Crippen LogP contribution in [0.15, 0.2) is 66.9 Å². The Hall–Kier alpha value is -3.25. The smallest absolute Gasteiger partial charge is 0.238 e. The van der Waals surface area contributed by atoms with Gasteiger partial charge in [-0.25, -0.2) is 0 Å². The first-order chi connectivity index (χ1) is 13.8. The maximum atomic E-state index is 12.8. The van der Waals surface area contributed by atoms with Gasteiger partial charge < -0.3 is 19.4 Å². The highest BCUT2D eigenvalue weighted by Gasteiger charge is 2.30. The summed E-state index contributed by atoms with van der Waals surface area (Å²) in [6, 6.07) is 20.1. The zero-order valence-corrected chi connectivity index (χ0v) is 15.4. The third-order valence-electron chi connectivity index (χ3n) is 5.26. The largest absolute Gasteiger partial charge is 0.454 e. The fraction of sp³-hybridized carbons (Fsp3) is 0.227. The lowest BCUT2D eigenvalue weighted by Crippen LogP contribution is -2.42. The van der Waals surface area contributed by atoms with Crippen LogP contribution in [0.2, 0.25) is 0 Å². The van der Waals surface area contributed by atoms with Gasteiger partial charge in [-0.2, -0.15) is 0 Å². The molecule has 6 heteroatoms. The van der Waals surface area contributed by atoms with Crippen LogP contribution in [-0.4, -0.2) is 35.3 Å². The number of aromatic nitrogens is 1. The zero-order chi connectivity index (χ0) is 18.9. The molecule has 2 aromatic carbocycles. The molecule has 1 atom stereocenters. The Balaban J connectivity index is 1.35. The van der Waals surface area contributed by atoms with E-state index < -0.39 is 0 Å². The first-order valence-electron chi connectivity index (χ1n) is 9.41. The molecular weight excluding hydrogens is 354 g/mol. The molecule has 2 aliphatic rings. The van der Waals surface area contributed by atoms with E-state index >= 15 is 0 Å². The molecule has 3 aromatic rings. The number of carbonyl (C=O) groups excluding carboxylic acids is 1. The minimum Gasteiger partial charge on any atom is -0.454 e. The van der Waals surface area contributed by atoms with Gasteiger partial charge in [0, 0.05) is 36.7 Å². The van der Waals surface area contributed by atoms with E-state index in [1.165, 1.54) is 11.3 Å². The number of rotatable bonds is 4. The Morgan fingerprint density at radius 3 is 2.75 bits per heavy atom. The van der Waals surface area contributed by atoms with Crippen LogP contribution in [0, 0.1) is 0 Å².